The van der Waals surface area contributed by atoms with Crippen molar-refractivity contribution >= 4 is 67.0 Å². The van der Waals surface area contributed by atoms with Crippen molar-refractivity contribution in [1.29, 1.82) is 0 Å². The van der Waals surface area contributed by atoms with Crippen molar-refractivity contribution < 1.29 is 19.5 Å². The molecule has 0 aliphatic heterocycles. The molecule has 1 rings (SSSR count). The number of carbonyl (C=O) groups is 3. The summed E-state index contributed by atoms with van der Waals surface area (Å²) in [5.74, 6) is -0.465. The molecule has 130 valence electrons. The van der Waals surface area contributed by atoms with Crippen molar-refractivity contribution in [2.75, 3.05) is 6.54 Å². The third kappa shape index (κ3) is 8.42. The van der Waals surface area contributed by atoms with Gasteiger partial charge in [0.15, 0.2) is 0 Å². The standard InChI is InChI=1S/C12H17INO4S.C3H7.Sn/c13-19-10(12(17)18)5-11(16)14-6-8-1-3-9(7-15)4-2-8;1-3-2;/h8-10H,1-6H2,(H,14,16)(H,17,18);3H,1-2H3;. The molecule has 8 heteroatoms. The van der Waals surface area contributed by atoms with Crippen LogP contribution in [0.1, 0.15) is 46.0 Å². The zero-order valence-electron chi connectivity index (χ0n) is 13.5. The Morgan fingerprint density at radius 1 is 1.26 bits per heavy atom. The quantitative estimate of drug-likeness (QED) is 0.335. The van der Waals surface area contributed by atoms with Gasteiger partial charge in [-0.15, -0.1) is 0 Å². The van der Waals surface area contributed by atoms with E-state index in [0.29, 0.717) is 20.2 Å². The number of carbonyl (C=O) groups excluding carboxylic acids is 2. The van der Waals surface area contributed by atoms with Crippen molar-refractivity contribution in [2.24, 2.45) is 11.8 Å². The third-order valence-electron chi connectivity index (χ3n) is 3.99. The number of rotatable bonds is 9. The van der Waals surface area contributed by atoms with Crippen molar-refractivity contribution in [1.82, 2.24) is 5.32 Å². The van der Waals surface area contributed by atoms with Crippen LogP contribution in [0, 0.1) is 11.8 Å². The molecule has 1 aliphatic rings. The van der Waals surface area contributed by atoms with Gasteiger partial charge in [0.25, 0.3) is 0 Å². The molecule has 1 atom stereocenters. The van der Waals surface area contributed by atoms with Crippen molar-refractivity contribution in [3.05, 3.63) is 0 Å². The molecule has 1 fully saturated rings. The molecule has 0 saturated heterocycles. The maximum absolute atomic E-state index is 12.1. The molecule has 0 heterocycles. The van der Waals surface area contributed by atoms with Gasteiger partial charge in [0.2, 0.25) is 0 Å². The van der Waals surface area contributed by atoms with Crippen LogP contribution in [0.25, 0.3) is 0 Å². The number of aliphatic carboxylic acids is 1. The SMILES string of the molecule is C[CH](C)[Sn][C](=O)C1CCC(CNC(=O)CC(SI)C(=O)O)CC1. The second-order valence-corrected chi connectivity index (χ2v) is 14.1. The second-order valence-electron chi connectivity index (χ2n) is 6.31. The summed E-state index contributed by atoms with van der Waals surface area (Å²) < 4.78 is 1.13. The van der Waals surface area contributed by atoms with Gasteiger partial charge in [-0.25, -0.2) is 0 Å². The summed E-state index contributed by atoms with van der Waals surface area (Å²) in [5.41, 5.74) is 0. The fourth-order valence-corrected chi connectivity index (χ4v) is 7.29. The minimum absolute atomic E-state index is 0.0119. The first-order valence-corrected chi connectivity index (χ1v) is 14.4. The summed E-state index contributed by atoms with van der Waals surface area (Å²) in [6.45, 7) is 4.88. The predicted octanol–water partition coefficient (Wildman–Crippen LogP) is 2.89. The number of nitrogens with one attached hydrogen (secondary N) is 1. The summed E-state index contributed by atoms with van der Waals surface area (Å²) in [5, 5.41) is 11.1. The Kier molecular flexibility index (Phi) is 10.5. The molecule has 0 bridgehead atoms. The number of halogens is 1. The molecule has 5 nitrogen and oxygen atoms in total. The first-order valence-electron chi connectivity index (χ1n) is 7.90. The molecule has 0 aromatic carbocycles. The zero-order valence-corrected chi connectivity index (χ0v) is 19.3. The topological polar surface area (TPSA) is 83.5 Å². The van der Waals surface area contributed by atoms with Crippen LogP contribution in [0.15, 0.2) is 0 Å². The van der Waals surface area contributed by atoms with E-state index in [0.717, 1.165) is 34.6 Å². The number of amides is 1. The van der Waals surface area contributed by atoms with Gasteiger partial charge in [0, 0.05) is 0 Å². The normalized spacial score (nSPS) is 22.6. The first kappa shape index (κ1) is 21.5. The van der Waals surface area contributed by atoms with E-state index in [1.165, 1.54) is 0 Å². The third-order valence-corrected chi connectivity index (χ3v) is 10.0. The Morgan fingerprint density at radius 3 is 2.35 bits per heavy atom. The molecule has 1 unspecified atom stereocenters. The van der Waals surface area contributed by atoms with Crippen LogP contribution >= 0.6 is 30.1 Å². The van der Waals surface area contributed by atoms with Gasteiger partial charge >= 0.3 is 165 Å². The van der Waals surface area contributed by atoms with Gasteiger partial charge in [0.1, 0.15) is 0 Å². The average Bonchev–Trinajstić information content (AvgIpc) is 2.50. The van der Waals surface area contributed by atoms with Crippen LogP contribution < -0.4 is 5.32 Å². The summed E-state index contributed by atoms with van der Waals surface area (Å²) in [7, 11) is 1.15. The predicted molar refractivity (Wildman–Crippen MR) is 102 cm³/mol. The molecule has 23 heavy (non-hydrogen) atoms. The maximum atomic E-state index is 12.1. The van der Waals surface area contributed by atoms with E-state index in [2.05, 4.69) is 19.2 Å². The van der Waals surface area contributed by atoms with E-state index in [9.17, 15) is 14.4 Å². The monoisotopic (exact) mass is 561 g/mol. The Labute approximate surface area is 164 Å². The number of carboxylic acids is 1. The summed E-state index contributed by atoms with van der Waals surface area (Å²) in [4.78, 5) is 34.9. The molecule has 0 aromatic rings. The zero-order chi connectivity index (χ0) is 17.4. The fourth-order valence-electron chi connectivity index (χ4n) is 2.69. The molecule has 1 saturated carbocycles. The Hall–Kier alpha value is 0.489. The Morgan fingerprint density at radius 2 is 1.87 bits per heavy atom. The molecule has 2 N–H and O–H groups in total. The van der Waals surface area contributed by atoms with Crippen LogP contribution in [0.3, 0.4) is 0 Å². The molecule has 1 aliphatic carbocycles. The van der Waals surface area contributed by atoms with Gasteiger partial charge < -0.3 is 0 Å². The van der Waals surface area contributed by atoms with Crippen LogP contribution in [0.4, 0.5) is 0 Å². The van der Waals surface area contributed by atoms with Gasteiger partial charge in [0.05, 0.1) is 0 Å². The van der Waals surface area contributed by atoms with E-state index in [4.69, 9.17) is 5.11 Å². The second kappa shape index (κ2) is 11.2. The number of carboxylic acid groups (broad SMARTS) is 1. The van der Waals surface area contributed by atoms with Crippen LogP contribution in [-0.4, -0.2) is 53.7 Å². The van der Waals surface area contributed by atoms with E-state index >= 15 is 0 Å². The van der Waals surface area contributed by atoms with Crippen molar-refractivity contribution in [2.45, 2.75) is 55.1 Å². The van der Waals surface area contributed by atoms with Crippen LogP contribution in [0.2, 0.25) is 3.93 Å². The minimum atomic E-state index is -0.950. The average molecular weight is 560 g/mol. The van der Waals surface area contributed by atoms with E-state index in [1.807, 2.05) is 21.2 Å². The molecular formula is C15H24INO4SSn. The van der Waals surface area contributed by atoms with E-state index in [-0.39, 0.29) is 18.2 Å². The molecule has 0 spiro atoms. The number of hydrogen-bond donors (Lipinski definition) is 2. The Balaban J connectivity index is 2.27. The fraction of sp³-hybridized carbons (Fsp3) is 0.800. The summed E-state index contributed by atoms with van der Waals surface area (Å²) in [6, 6.07) is 0. The summed E-state index contributed by atoms with van der Waals surface area (Å²) in [6.07, 6.45) is 3.88. The van der Waals surface area contributed by atoms with Gasteiger partial charge in [-0.3, -0.25) is 0 Å². The first-order chi connectivity index (χ1) is 10.8. The van der Waals surface area contributed by atoms with Crippen molar-refractivity contribution in [3.8, 4) is 0 Å². The molecular weight excluding hydrogens is 536 g/mol. The molecule has 1 amide bonds. The van der Waals surface area contributed by atoms with Crippen LogP contribution in [0.5, 0.6) is 0 Å². The van der Waals surface area contributed by atoms with Crippen LogP contribution in [-0.2, 0) is 14.4 Å². The van der Waals surface area contributed by atoms with Gasteiger partial charge in [-0.2, -0.15) is 0 Å². The Bertz CT molecular complexity index is 428. The molecule has 0 aromatic heterocycles. The van der Waals surface area contributed by atoms with Gasteiger partial charge in [-0.1, -0.05) is 0 Å². The van der Waals surface area contributed by atoms with Gasteiger partial charge in [-0.05, 0) is 0 Å². The van der Waals surface area contributed by atoms with E-state index < -0.39 is 32.4 Å². The molecule has 2 radical (unpaired) electrons. The summed E-state index contributed by atoms with van der Waals surface area (Å²) >= 11 is 1.02. The van der Waals surface area contributed by atoms with Crippen molar-refractivity contribution in [3.63, 3.8) is 0 Å². The number of hydrogen-bond acceptors (Lipinski definition) is 4. The van der Waals surface area contributed by atoms with E-state index in [1.54, 1.807) is 0 Å².